The highest BCUT2D eigenvalue weighted by molar-refractivity contribution is 5.78. The van der Waals surface area contributed by atoms with Crippen LogP contribution in [-0.4, -0.2) is 53.6 Å². The van der Waals surface area contributed by atoms with Crippen molar-refractivity contribution in [2.24, 2.45) is 0 Å². The summed E-state index contributed by atoms with van der Waals surface area (Å²) in [7, 11) is 0. The lowest BCUT2D eigenvalue weighted by atomic mass is 10.1. The summed E-state index contributed by atoms with van der Waals surface area (Å²) < 4.78 is 5.82. The van der Waals surface area contributed by atoms with Gasteiger partial charge in [-0.05, 0) is 38.0 Å². The van der Waals surface area contributed by atoms with Gasteiger partial charge in [0, 0.05) is 38.6 Å². The zero-order valence-electron chi connectivity index (χ0n) is 15.0. The summed E-state index contributed by atoms with van der Waals surface area (Å²) in [5.41, 5.74) is 3.33. The quantitative estimate of drug-likeness (QED) is 0.853. The summed E-state index contributed by atoms with van der Waals surface area (Å²) in [4.78, 5) is 24.9. The molecule has 1 aromatic heterocycles. The second kappa shape index (κ2) is 7.51. The highest BCUT2D eigenvalue weighted by Gasteiger charge is 2.23. The SMILES string of the molecule is Cc1cc(C)c(OCC(=O)N2CCN(c3ncccn3)CC2)c(C)c1. The molecule has 1 saturated heterocycles. The third kappa shape index (κ3) is 4.07. The van der Waals surface area contributed by atoms with Crippen LogP contribution < -0.4 is 9.64 Å². The van der Waals surface area contributed by atoms with Crippen molar-refractivity contribution in [3.05, 3.63) is 47.3 Å². The number of hydrogen-bond acceptors (Lipinski definition) is 5. The van der Waals surface area contributed by atoms with Gasteiger partial charge in [-0.1, -0.05) is 17.7 Å². The molecular weight excluding hydrogens is 316 g/mol. The maximum Gasteiger partial charge on any atom is 0.260 e. The molecule has 0 bridgehead atoms. The molecule has 1 fully saturated rings. The summed E-state index contributed by atoms with van der Waals surface area (Å²) in [6, 6.07) is 5.95. The van der Waals surface area contributed by atoms with E-state index in [4.69, 9.17) is 4.74 Å². The first-order valence-electron chi connectivity index (χ1n) is 8.55. The van der Waals surface area contributed by atoms with Crippen molar-refractivity contribution in [1.82, 2.24) is 14.9 Å². The Morgan fingerprint density at radius 1 is 1.04 bits per heavy atom. The van der Waals surface area contributed by atoms with E-state index in [2.05, 4.69) is 33.9 Å². The lowest BCUT2D eigenvalue weighted by molar-refractivity contribution is -0.133. The zero-order valence-corrected chi connectivity index (χ0v) is 15.0. The molecule has 2 aromatic rings. The standard InChI is InChI=1S/C19H24N4O2/c1-14-11-15(2)18(16(3)12-14)25-13-17(24)22-7-9-23(10-8-22)19-20-5-4-6-21-19/h4-6,11-12H,7-10,13H2,1-3H3. The summed E-state index contributed by atoms with van der Waals surface area (Å²) in [6.07, 6.45) is 3.47. The average Bonchev–Trinajstić information content (AvgIpc) is 2.61. The van der Waals surface area contributed by atoms with Gasteiger partial charge in [-0.25, -0.2) is 9.97 Å². The Balaban J connectivity index is 1.53. The van der Waals surface area contributed by atoms with E-state index in [1.807, 2.05) is 18.7 Å². The molecule has 2 heterocycles. The molecule has 1 amide bonds. The minimum Gasteiger partial charge on any atom is -0.483 e. The first kappa shape index (κ1) is 17.2. The van der Waals surface area contributed by atoms with Gasteiger partial charge >= 0.3 is 0 Å². The maximum atomic E-state index is 12.5. The van der Waals surface area contributed by atoms with Gasteiger partial charge in [0.15, 0.2) is 6.61 Å². The Morgan fingerprint density at radius 3 is 2.24 bits per heavy atom. The fourth-order valence-corrected chi connectivity index (χ4v) is 3.23. The van der Waals surface area contributed by atoms with E-state index in [0.717, 1.165) is 35.9 Å². The highest BCUT2D eigenvalue weighted by atomic mass is 16.5. The minimum absolute atomic E-state index is 0.0213. The molecular formula is C19H24N4O2. The number of nitrogens with zero attached hydrogens (tertiary/aromatic N) is 4. The maximum absolute atomic E-state index is 12.5. The minimum atomic E-state index is 0.0213. The Labute approximate surface area is 148 Å². The van der Waals surface area contributed by atoms with Crippen LogP contribution in [0, 0.1) is 20.8 Å². The molecule has 6 heteroatoms. The molecule has 3 rings (SSSR count). The average molecular weight is 340 g/mol. The van der Waals surface area contributed by atoms with Crippen LogP contribution in [0.5, 0.6) is 5.75 Å². The largest absolute Gasteiger partial charge is 0.483 e. The van der Waals surface area contributed by atoms with E-state index in [1.165, 1.54) is 5.56 Å². The predicted octanol–water partition coefficient (Wildman–Crippen LogP) is 2.13. The molecule has 0 atom stereocenters. The second-order valence-corrected chi connectivity index (χ2v) is 6.43. The number of rotatable bonds is 4. The van der Waals surface area contributed by atoms with E-state index in [9.17, 15) is 4.79 Å². The zero-order chi connectivity index (χ0) is 17.8. The van der Waals surface area contributed by atoms with E-state index in [-0.39, 0.29) is 12.5 Å². The van der Waals surface area contributed by atoms with Crippen LogP contribution in [0.1, 0.15) is 16.7 Å². The summed E-state index contributed by atoms with van der Waals surface area (Å²) in [5, 5.41) is 0. The van der Waals surface area contributed by atoms with Crippen LogP contribution in [0.15, 0.2) is 30.6 Å². The van der Waals surface area contributed by atoms with E-state index in [1.54, 1.807) is 18.5 Å². The van der Waals surface area contributed by atoms with Crippen molar-refractivity contribution < 1.29 is 9.53 Å². The molecule has 6 nitrogen and oxygen atoms in total. The molecule has 0 saturated carbocycles. The van der Waals surface area contributed by atoms with Crippen LogP contribution in [-0.2, 0) is 4.79 Å². The number of aryl methyl sites for hydroxylation is 3. The second-order valence-electron chi connectivity index (χ2n) is 6.43. The molecule has 1 aliphatic heterocycles. The van der Waals surface area contributed by atoms with Crippen molar-refractivity contribution >= 4 is 11.9 Å². The number of carbonyl (C=O) groups excluding carboxylic acids is 1. The van der Waals surface area contributed by atoms with Crippen LogP contribution in [0.2, 0.25) is 0 Å². The Bertz CT molecular complexity index is 717. The van der Waals surface area contributed by atoms with Gasteiger partial charge in [-0.2, -0.15) is 0 Å². The van der Waals surface area contributed by atoms with Gasteiger partial charge in [0.2, 0.25) is 5.95 Å². The van der Waals surface area contributed by atoms with E-state index < -0.39 is 0 Å². The van der Waals surface area contributed by atoms with Gasteiger partial charge < -0.3 is 14.5 Å². The lowest BCUT2D eigenvalue weighted by Gasteiger charge is -2.34. The fraction of sp³-hybridized carbons (Fsp3) is 0.421. The molecule has 1 aromatic carbocycles. The third-order valence-electron chi connectivity index (χ3n) is 4.41. The number of benzene rings is 1. The van der Waals surface area contributed by atoms with Gasteiger partial charge in [0.05, 0.1) is 0 Å². The summed E-state index contributed by atoms with van der Waals surface area (Å²) >= 11 is 0. The molecule has 0 unspecified atom stereocenters. The molecule has 25 heavy (non-hydrogen) atoms. The number of carbonyl (C=O) groups is 1. The molecule has 0 radical (unpaired) electrons. The van der Waals surface area contributed by atoms with Crippen molar-refractivity contribution in [3.8, 4) is 5.75 Å². The monoisotopic (exact) mass is 340 g/mol. The number of ether oxygens (including phenoxy) is 1. The number of anilines is 1. The topological polar surface area (TPSA) is 58.6 Å². The number of hydrogen-bond donors (Lipinski definition) is 0. The van der Waals surface area contributed by atoms with Crippen LogP contribution >= 0.6 is 0 Å². The van der Waals surface area contributed by atoms with Crippen molar-refractivity contribution in [2.75, 3.05) is 37.7 Å². The molecule has 1 aliphatic rings. The third-order valence-corrected chi connectivity index (χ3v) is 4.41. The van der Waals surface area contributed by atoms with Crippen LogP contribution in [0.25, 0.3) is 0 Å². The Kier molecular flexibility index (Phi) is 5.16. The van der Waals surface area contributed by atoms with Gasteiger partial charge in [0.1, 0.15) is 5.75 Å². The first-order chi connectivity index (χ1) is 12.0. The van der Waals surface area contributed by atoms with Crippen molar-refractivity contribution in [2.45, 2.75) is 20.8 Å². The normalized spacial score (nSPS) is 14.5. The van der Waals surface area contributed by atoms with Crippen molar-refractivity contribution in [3.63, 3.8) is 0 Å². The Hall–Kier alpha value is -2.63. The van der Waals surface area contributed by atoms with E-state index in [0.29, 0.717) is 13.1 Å². The summed E-state index contributed by atoms with van der Waals surface area (Å²) in [5.74, 6) is 1.56. The summed E-state index contributed by atoms with van der Waals surface area (Å²) in [6.45, 7) is 8.95. The molecule has 132 valence electrons. The Morgan fingerprint density at radius 2 is 1.64 bits per heavy atom. The number of amides is 1. The number of aromatic nitrogens is 2. The highest BCUT2D eigenvalue weighted by Crippen LogP contribution is 2.24. The van der Waals surface area contributed by atoms with Gasteiger partial charge in [0.25, 0.3) is 5.91 Å². The predicted molar refractivity (Wildman–Crippen MR) is 97.0 cm³/mol. The van der Waals surface area contributed by atoms with Crippen LogP contribution in [0.3, 0.4) is 0 Å². The molecule has 0 aliphatic carbocycles. The smallest absolute Gasteiger partial charge is 0.260 e. The van der Waals surface area contributed by atoms with E-state index >= 15 is 0 Å². The van der Waals surface area contributed by atoms with Crippen molar-refractivity contribution in [1.29, 1.82) is 0 Å². The lowest BCUT2D eigenvalue weighted by Crippen LogP contribution is -2.50. The van der Waals surface area contributed by atoms with Gasteiger partial charge in [-0.15, -0.1) is 0 Å². The molecule has 0 spiro atoms. The molecule has 0 N–H and O–H groups in total. The number of piperazine rings is 1. The van der Waals surface area contributed by atoms with Crippen LogP contribution in [0.4, 0.5) is 5.95 Å². The fourth-order valence-electron chi connectivity index (χ4n) is 3.23. The first-order valence-corrected chi connectivity index (χ1v) is 8.55. The van der Waals surface area contributed by atoms with Gasteiger partial charge in [-0.3, -0.25) is 4.79 Å².